The van der Waals surface area contributed by atoms with Crippen molar-refractivity contribution in [1.29, 1.82) is 0 Å². The number of hydrogen-bond donors (Lipinski definition) is 3. The van der Waals surface area contributed by atoms with Gasteiger partial charge in [0.05, 0.1) is 11.3 Å². The maximum absolute atomic E-state index is 13.0. The van der Waals surface area contributed by atoms with E-state index in [1.54, 1.807) is 30.3 Å². The van der Waals surface area contributed by atoms with Crippen molar-refractivity contribution in [3.63, 3.8) is 0 Å². The van der Waals surface area contributed by atoms with E-state index in [1.165, 1.54) is 6.07 Å². The highest BCUT2D eigenvalue weighted by Gasteiger charge is 2.16. The number of benzene rings is 4. The third-order valence-electron chi connectivity index (χ3n) is 4.95. The molecule has 0 bridgehead atoms. The standard InChI is InChI=1S/C27H24N2O4/c28-21-11-14-24(25(30)15-21)29-27(31)23-13-12-22(32-17-19-7-3-1-4-8-19)16-26(23)33-18-20-9-5-2-6-10-20/h1-16,30H,17-18,28H2,(H,29,31). The summed E-state index contributed by atoms with van der Waals surface area (Å²) >= 11 is 0. The number of amides is 1. The van der Waals surface area contributed by atoms with Crippen LogP contribution in [-0.4, -0.2) is 11.0 Å². The van der Waals surface area contributed by atoms with E-state index < -0.39 is 5.91 Å². The van der Waals surface area contributed by atoms with Crippen molar-refractivity contribution < 1.29 is 19.4 Å². The number of nitrogen functional groups attached to an aromatic ring is 1. The Morgan fingerprint density at radius 3 is 2.06 bits per heavy atom. The Hall–Kier alpha value is -4.45. The zero-order valence-electron chi connectivity index (χ0n) is 17.9. The molecule has 1 amide bonds. The summed E-state index contributed by atoms with van der Waals surface area (Å²) in [7, 11) is 0. The summed E-state index contributed by atoms with van der Waals surface area (Å²) in [6.45, 7) is 0.681. The highest BCUT2D eigenvalue weighted by molar-refractivity contribution is 6.07. The first kappa shape index (κ1) is 21.8. The average Bonchev–Trinajstić information content (AvgIpc) is 2.84. The van der Waals surface area contributed by atoms with Gasteiger partial charge in [0.1, 0.15) is 30.5 Å². The number of hydrogen-bond acceptors (Lipinski definition) is 5. The number of phenols is 1. The van der Waals surface area contributed by atoms with Crippen LogP contribution in [0, 0.1) is 0 Å². The van der Waals surface area contributed by atoms with E-state index in [4.69, 9.17) is 15.2 Å². The predicted molar refractivity (Wildman–Crippen MR) is 128 cm³/mol. The van der Waals surface area contributed by atoms with Gasteiger partial charge in [-0.05, 0) is 35.4 Å². The molecular weight excluding hydrogens is 416 g/mol. The van der Waals surface area contributed by atoms with E-state index in [0.717, 1.165) is 11.1 Å². The van der Waals surface area contributed by atoms with Crippen molar-refractivity contribution in [1.82, 2.24) is 0 Å². The highest BCUT2D eigenvalue weighted by atomic mass is 16.5. The molecule has 33 heavy (non-hydrogen) atoms. The van der Waals surface area contributed by atoms with Crippen LogP contribution in [0.1, 0.15) is 21.5 Å². The maximum atomic E-state index is 13.0. The number of phenolic OH excluding ortho intramolecular Hbond substituents is 1. The van der Waals surface area contributed by atoms with Crippen molar-refractivity contribution in [2.45, 2.75) is 13.2 Å². The Morgan fingerprint density at radius 2 is 1.42 bits per heavy atom. The Labute approximate surface area is 192 Å². The minimum atomic E-state index is -0.423. The van der Waals surface area contributed by atoms with Crippen molar-refractivity contribution in [2.75, 3.05) is 11.1 Å². The van der Waals surface area contributed by atoms with Gasteiger partial charge in [0, 0.05) is 17.8 Å². The molecule has 0 aliphatic carbocycles. The Bertz CT molecular complexity index is 1230. The van der Waals surface area contributed by atoms with Crippen LogP contribution in [0.4, 0.5) is 11.4 Å². The molecule has 0 saturated carbocycles. The Balaban J connectivity index is 1.56. The second-order valence-electron chi connectivity index (χ2n) is 7.44. The zero-order chi connectivity index (χ0) is 23.0. The first-order chi connectivity index (χ1) is 16.1. The molecular formula is C27H24N2O4. The Kier molecular flexibility index (Phi) is 6.75. The van der Waals surface area contributed by atoms with Crippen molar-refractivity contribution in [3.05, 3.63) is 114 Å². The first-order valence-corrected chi connectivity index (χ1v) is 10.5. The quantitative estimate of drug-likeness (QED) is 0.252. The van der Waals surface area contributed by atoms with Crippen LogP contribution < -0.4 is 20.5 Å². The van der Waals surface area contributed by atoms with Crippen LogP contribution in [0.15, 0.2) is 97.1 Å². The number of nitrogens with one attached hydrogen (secondary N) is 1. The van der Waals surface area contributed by atoms with E-state index in [9.17, 15) is 9.90 Å². The van der Waals surface area contributed by atoms with Gasteiger partial charge < -0.3 is 25.6 Å². The number of nitrogens with two attached hydrogens (primary N) is 1. The molecule has 0 aliphatic heterocycles. The van der Waals surface area contributed by atoms with Crippen molar-refractivity contribution >= 4 is 17.3 Å². The molecule has 0 spiro atoms. The number of aromatic hydroxyl groups is 1. The van der Waals surface area contributed by atoms with Crippen LogP contribution >= 0.6 is 0 Å². The summed E-state index contributed by atoms with van der Waals surface area (Å²) in [5.41, 5.74) is 8.64. The van der Waals surface area contributed by atoms with Crippen molar-refractivity contribution in [2.24, 2.45) is 0 Å². The van der Waals surface area contributed by atoms with Crippen LogP contribution in [0.3, 0.4) is 0 Å². The average molecular weight is 440 g/mol. The highest BCUT2D eigenvalue weighted by Crippen LogP contribution is 2.30. The number of carbonyl (C=O) groups excluding carboxylic acids is 1. The summed E-state index contributed by atoms with van der Waals surface area (Å²) in [6.07, 6.45) is 0. The smallest absolute Gasteiger partial charge is 0.259 e. The van der Waals surface area contributed by atoms with Crippen LogP contribution in [-0.2, 0) is 13.2 Å². The van der Waals surface area contributed by atoms with Crippen molar-refractivity contribution in [3.8, 4) is 17.2 Å². The van der Waals surface area contributed by atoms with Crippen LogP contribution in [0.2, 0.25) is 0 Å². The number of carbonyl (C=O) groups is 1. The first-order valence-electron chi connectivity index (χ1n) is 10.5. The van der Waals surface area contributed by atoms with Gasteiger partial charge in [-0.3, -0.25) is 4.79 Å². The fraction of sp³-hybridized carbons (Fsp3) is 0.0741. The molecule has 0 unspecified atom stereocenters. The third-order valence-corrected chi connectivity index (χ3v) is 4.95. The minimum Gasteiger partial charge on any atom is -0.506 e. The zero-order valence-corrected chi connectivity index (χ0v) is 17.9. The van der Waals surface area contributed by atoms with E-state index in [2.05, 4.69) is 5.32 Å². The lowest BCUT2D eigenvalue weighted by atomic mass is 10.1. The van der Waals surface area contributed by atoms with Gasteiger partial charge in [0.25, 0.3) is 5.91 Å². The van der Waals surface area contributed by atoms with Gasteiger partial charge >= 0.3 is 0 Å². The number of ether oxygens (including phenoxy) is 2. The molecule has 4 rings (SSSR count). The molecule has 6 nitrogen and oxygen atoms in total. The fourth-order valence-electron chi connectivity index (χ4n) is 3.22. The molecule has 0 saturated heterocycles. The van der Waals surface area contributed by atoms with E-state index in [0.29, 0.717) is 29.4 Å². The molecule has 4 aromatic rings. The van der Waals surface area contributed by atoms with Gasteiger partial charge in [0.15, 0.2) is 0 Å². The lowest BCUT2D eigenvalue weighted by Gasteiger charge is -2.15. The largest absolute Gasteiger partial charge is 0.506 e. The predicted octanol–water partition coefficient (Wildman–Crippen LogP) is 5.38. The topological polar surface area (TPSA) is 93.8 Å². The molecule has 0 radical (unpaired) electrons. The fourth-order valence-corrected chi connectivity index (χ4v) is 3.22. The molecule has 6 heteroatoms. The van der Waals surface area contributed by atoms with Gasteiger partial charge in [-0.25, -0.2) is 0 Å². The lowest BCUT2D eigenvalue weighted by molar-refractivity contribution is 0.102. The molecule has 166 valence electrons. The number of anilines is 2. The van der Waals surface area contributed by atoms with E-state index in [-0.39, 0.29) is 18.0 Å². The second-order valence-corrected chi connectivity index (χ2v) is 7.44. The normalized spacial score (nSPS) is 10.4. The van der Waals surface area contributed by atoms with Crippen LogP contribution in [0.25, 0.3) is 0 Å². The molecule has 4 N–H and O–H groups in total. The second kappa shape index (κ2) is 10.2. The third kappa shape index (κ3) is 5.83. The molecule has 0 heterocycles. The van der Waals surface area contributed by atoms with E-state index >= 15 is 0 Å². The van der Waals surface area contributed by atoms with Crippen LogP contribution in [0.5, 0.6) is 17.2 Å². The van der Waals surface area contributed by atoms with Gasteiger partial charge in [-0.2, -0.15) is 0 Å². The summed E-state index contributed by atoms with van der Waals surface area (Å²) < 4.78 is 11.9. The Morgan fingerprint density at radius 1 is 0.788 bits per heavy atom. The summed E-state index contributed by atoms with van der Waals surface area (Å²) in [6, 6.07) is 29.1. The maximum Gasteiger partial charge on any atom is 0.259 e. The SMILES string of the molecule is Nc1ccc(NC(=O)c2ccc(OCc3ccccc3)cc2OCc2ccccc2)c(O)c1. The summed E-state index contributed by atoms with van der Waals surface area (Å²) in [5.74, 6) is 0.413. The summed E-state index contributed by atoms with van der Waals surface area (Å²) in [5, 5.41) is 12.8. The minimum absolute atomic E-state index is 0.113. The van der Waals surface area contributed by atoms with Gasteiger partial charge in [-0.15, -0.1) is 0 Å². The van der Waals surface area contributed by atoms with Gasteiger partial charge in [-0.1, -0.05) is 60.7 Å². The summed E-state index contributed by atoms with van der Waals surface area (Å²) in [4.78, 5) is 13.0. The molecule has 0 atom stereocenters. The lowest BCUT2D eigenvalue weighted by Crippen LogP contribution is -2.14. The molecule has 4 aromatic carbocycles. The van der Waals surface area contributed by atoms with Gasteiger partial charge in [0.2, 0.25) is 0 Å². The molecule has 0 fully saturated rings. The van der Waals surface area contributed by atoms with E-state index in [1.807, 2.05) is 60.7 Å². The molecule has 0 aromatic heterocycles. The monoisotopic (exact) mass is 440 g/mol. The molecule has 0 aliphatic rings. The number of rotatable bonds is 8.